The van der Waals surface area contributed by atoms with Crippen LogP contribution in [0.2, 0.25) is 0 Å². The predicted octanol–water partition coefficient (Wildman–Crippen LogP) is 4.05. The molecule has 0 saturated heterocycles. The average Bonchev–Trinajstić information content (AvgIpc) is 3.27. The number of aromatic amines is 1. The second-order valence-electron chi connectivity index (χ2n) is 6.42. The Balaban J connectivity index is 1.72. The Bertz CT molecular complexity index is 1080. The summed E-state index contributed by atoms with van der Waals surface area (Å²) < 4.78 is 1.63. The van der Waals surface area contributed by atoms with Crippen LogP contribution in [-0.2, 0) is 7.05 Å². The SMILES string of the molecule is Cn1cnc([N+](=O)[O-])c1NCC(c1ccccc1)c1c[nH]c2ccccc12. The Hall–Kier alpha value is -3.61. The van der Waals surface area contributed by atoms with Crippen molar-refractivity contribution in [2.45, 2.75) is 5.92 Å². The maximum atomic E-state index is 11.2. The number of H-pyrrole nitrogens is 1. The quantitative estimate of drug-likeness (QED) is 0.400. The van der Waals surface area contributed by atoms with Crippen molar-refractivity contribution in [1.82, 2.24) is 14.5 Å². The van der Waals surface area contributed by atoms with E-state index in [1.165, 1.54) is 6.33 Å². The molecule has 0 radical (unpaired) electrons. The zero-order valence-corrected chi connectivity index (χ0v) is 14.8. The van der Waals surface area contributed by atoms with Crippen LogP contribution in [0.3, 0.4) is 0 Å². The van der Waals surface area contributed by atoms with E-state index in [1.807, 2.05) is 42.6 Å². The Morgan fingerprint density at radius 1 is 1.19 bits per heavy atom. The van der Waals surface area contributed by atoms with Gasteiger partial charge in [-0.25, -0.2) is 0 Å². The van der Waals surface area contributed by atoms with Crippen LogP contribution in [0.5, 0.6) is 0 Å². The standard InChI is InChI=1S/C20H19N5O2/c1-24-13-23-20(25(26)27)19(24)22-11-16(14-7-3-2-4-8-14)17-12-21-18-10-6-5-9-15(17)18/h2-10,12-13,16,21-22H,11H2,1H3. The fourth-order valence-electron chi connectivity index (χ4n) is 3.43. The molecule has 1 unspecified atom stereocenters. The van der Waals surface area contributed by atoms with E-state index in [1.54, 1.807) is 11.6 Å². The van der Waals surface area contributed by atoms with Crippen molar-refractivity contribution >= 4 is 22.5 Å². The van der Waals surface area contributed by atoms with Gasteiger partial charge in [0, 0.05) is 36.6 Å². The zero-order valence-electron chi connectivity index (χ0n) is 14.8. The summed E-state index contributed by atoms with van der Waals surface area (Å²) in [4.78, 5) is 18.0. The van der Waals surface area contributed by atoms with Crippen LogP contribution in [0.15, 0.2) is 67.1 Å². The number of fused-ring (bicyclic) bond motifs is 1. The first-order chi connectivity index (χ1) is 13.1. The van der Waals surface area contributed by atoms with Gasteiger partial charge in [0.1, 0.15) is 0 Å². The van der Waals surface area contributed by atoms with E-state index in [4.69, 9.17) is 0 Å². The molecule has 4 aromatic rings. The number of nitrogens with one attached hydrogen (secondary N) is 2. The second kappa shape index (κ2) is 6.95. The molecule has 0 aliphatic carbocycles. The number of hydrogen-bond donors (Lipinski definition) is 2. The molecule has 7 nitrogen and oxygen atoms in total. The Morgan fingerprint density at radius 3 is 2.70 bits per heavy atom. The highest BCUT2D eigenvalue weighted by atomic mass is 16.6. The molecule has 2 aromatic heterocycles. The highest BCUT2D eigenvalue weighted by molar-refractivity contribution is 5.84. The van der Waals surface area contributed by atoms with E-state index in [2.05, 4.69) is 33.5 Å². The Labute approximate surface area is 155 Å². The van der Waals surface area contributed by atoms with Crippen LogP contribution in [0.1, 0.15) is 17.0 Å². The highest BCUT2D eigenvalue weighted by Crippen LogP contribution is 2.32. The Kier molecular flexibility index (Phi) is 4.33. The van der Waals surface area contributed by atoms with Gasteiger partial charge in [0.05, 0.1) is 0 Å². The number of para-hydroxylation sites is 1. The van der Waals surface area contributed by atoms with Crippen molar-refractivity contribution in [3.8, 4) is 0 Å². The molecular weight excluding hydrogens is 342 g/mol. The van der Waals surface area contributed by atoms with Crippen LogP contribution >= 0.6 is 0 Å². The zero-order chi connectivity index (χ0) is 18.8. The number of anilines is 1. The fourth-order valence-corrected chi connectivity index (χ4v) is 3.43. The molecule has 0 spiro atoms. The molecule has 0 fully saturated rings. The minimum Gasteiger partial charge on any atom is -0.363 e. The molecule has 2 aromatic carbocycles. The average molecular weight is 361 g/mol. The maximum absolute atomic E-state index is 11.2. The van der Waals surface area contributed by atoms with Gasteiger partial charge in [-0.05, 0) is 27.1 Å². The molecule has 0 saturated carbocycles. The molecule has 27 heavy (non-hydrogen) atoms. The number of aryl methyl sites for hydroxylation is 1. The molecule has 136 valence electrons. The van der Waals surface area contributed by atoms with Crippen molar-refractivity contribution in [3.63, 3.8) is 0 Å². The largest absolute Gasteiger partial charge is 0.406 e. The van der Waals surface area contributed by atoms with E-state index in [0.717, 1.165) is 22.0 Å². The van der Waals surface area contributed by atoms with Gasteiger partial charge in [-0.15, -0.1) is 0 Å². The summed E-state index contributed by atoms with van der Waals surface area (Å²) in [5, 5.41) is 15.6. The van der Waals surface area contributed by atoms with E-state index < -0.39 is 4.92 Å². The third kappa shape index (κ3) is 3.15. The van der Waals surface area contributed by atoms with Crippen LogP contribution < -0.4 is 5.32 Å². The minimum atomic E-state index is -0.467. The lowest BCUT2D eigenvalue weighted by Crippen LogP contribution is -2.16. The molecule has 4 rings (SSSR count). The second-order valence-corrected chi connectivity index (χ2v) is 6.42. The van der Waals surface area contributed by atoms with Gasteiger partial charge in [0.25, 0.3) is 0 Å². The lowest BCUT2D eigenvalue weighted by atomic mass is 9.91. The van der Waals surface area contributed by atoms with Gasteiger partial charge in [-0.2, -0.15) is 0 Å². The van der Waals surface area contributed by atoms with Crippen LogP contribution in [0, 0.1) is 10.1 Å². The topological polar surface area (TPSA) is 88.8 Å². The lowest BCUT2D eigenvalue weighted by Gasteiger charge is -2.18. The normalized spacial score (nSPS) is 12.2. The summed E-state index contributed by atoms with van der Waals surface area (Å²) in [6.07, 6.45) is 3.46. The van der Waals surface area contributed by atoms with Crippen molar-refractivity contribution < 1.29 is 4.92 Å². The maximum Gasteiger partial charge on any atom is 0.406 e. The van der Waals surface area contributed by atoms with Crippen molar-refractivity contribution in [3.05, 3.63) is 88.4 Å². The van der Waals surface area contributed by atoms with Crippen LogP contribution in [0.4, 0.5) is 11.6 Å². The summed E-state index contributed by atoms with van der Waals surface area (Å²) in [5.74, 6) is 0.265. The highest BCUT2D eigenvalue weighted by Gasteiger charge is 2.23. The number of rotatable bonds is 6. The first kappa shape index (κ1) is 16.8. The summed E-state index contributed by atoms with van der Waals surface area (Å²) in [5.41, 5.74) is 3.36. The van der Waals surface area contributed by atoms with E-state index in [9.17, 15) is 10.1 Å². The molecule has 2 N–H and O–H groups in total. The number of benzene rings is 2. The molecular formula is C20H19N5O2. The molecule has 1 atom stereocenters. The van der Waals surface area contributed by atoms with E-state index in [0.29, 0.717) is 12.4 Å². The summed E-state index contributed by atoms with van der Waals surface area (Å²) in [7, 11) is 1.74. The summed E-state index contributed by atoms with van der Waals surface area (Å²) in [6.45, 7) is 0.506. The molecule has 7 heteroatoms. The van der Waals surface area contributed by atoms with Gasteiger partial charge >= 0.3 is 5.82 Å². The first-order valence-corrected chi connectivity index (χ1v) is 8.65. The number of hydrogen-bond acceptors (Lipinski definition) is 4. The van der Waals surface area contributed by atoms with Gasteiger partial charge < -0.3 is 20.4 Å². The van der Waals surface area contributed by atoms with Crippen LogP contribution in [-0.4, -0.2) is 26.0 Å². The van der Waals surface area contributed by atoms with Gasteiger partial charge in [0.15, 0.2) is 0 Å². The predicted molar refractivity (Wildman–Crippen MR) is 105 cm³/mol. The molecule has 0 amide bonds. The number of nitrogens with zero attached hydrogens (tertiary/aromatic N) is 3. The van der Waals surface area contributed by atoms with Crippen molar-refractivity contribution in [2.75, 3.05) is 11.9 Å². The third-order valence-electron chi connectivity index (χ3n) is 4.76. The van der Waals surface area contributed by atoms with Crippen molar-refractivity contribution in [2.24, 2.45) is 7.05 Å². The third-order valence-corrected chi connectivity index (χ3v) is 4.76. The van der Waals surface area contributed by atoms with E-state index in [-0.39, 0.29) is 11.7 Å². The van der Waals surface area contributed by atoms with Crippen LogP contribution in [0.25, 0.3) is 10.9 Å². The number of nitro groups is 1. The molecule has 0 aliphatic rings. The monoisotopic (exact) mass is 361 g/mol. The first-order valence-electron chi connectivity index (χ1n) is 8.65. The molecule has 0 bridgehead atoms. The summed E-state index contributed by atoms with van der Waals surface area (Å²) in [6, 6.07) is 18.3. The number of imidazole rings is 1. The molecule has 0 aliphatic heterocycles. The number of aromatic nitrogens is 3. The smallest absolute Gasteiger partial charge is 0.363 e. The Morgan fingerprint density at radius 2 is 1.93 bits per heavy atom. The van der Waals surface area contributed by atoms with E-state index >= 15 is 0 Å². The lowest BCUT2D eigenvalue weighted by molar-refractivity contribution is -0.388. The minimum absolute atomic E-state index is 0.0249. The van der Waals surface area contributed by atoms with Gasteiger partial charge in [-0.1, -0.05) is 48.5 Å². The van der Waals surface area contributed by atoms with Gasteiger partial charge in [0.2, 0.25) is 12.1 Å². The fraction of sp³-hybridized carbons (Fsp3) is 0.150. The van der Waals surface area contributed by atoms with Crippen molar-refractivity contribution in [1.29, 1.82) is 0 Å². The molecule has 2 heterocycles. The van der Waals surface area contributed by atoms with Gasteiger partial charge in [-0.3, -0.25) is 4.57 Å². The summed E-state index contributed by atoms with van der Waals surface area (Å²) >= 11 is 0.